The molecule has 0 radical (unpaired) electrons. The zero-order chi connectivity index (χ0) is 24.3. The number of fused-ring (bicyclic) bond motifs is 1. The van der Waals surface area contributed by atoms with Gasteiger partial charge in [0.1, 0.15) is 0 Å². The van der Waals surface area contributed by atoms with E-state index in [4.69, 9.17) is 0 Å². The van der Waals surface area contributed by atoms with Crippen molar-refractivity contribution in [3.63, 3.8) is 0 Å². The monoisotopic (exact) mass is 485 g/mol. The van der Waals surface area contributed by atoms with Crippen LogP contribution < -0.4 is 16.0 Å². The first-order valence-electron chi connectivity index (χ1n) is 10.2. The number of nitrogens with one attached hydrogen (secondary N) is 3. The van der Waals surface area contributed by atoms with Crippen LogP contribution in [0.2, 0.25) is 0 Å². The molecule has 10 heteroatoms. The Morgan fingerprint density at radius 3 is 2.21 bits per heavy atom. The molecule has 6 nitrogen and oxygen atoms in total. The first-order valence-corrected chi connectivity index (χ1v) is 11.1. The molecule has 0 unspecified atom stereocenters. The Balaban J connectivity index is 1.47. The van der Waals surface area contributed by atoms with Gasteiger partial charge >= 0.3 is 6.18 Å². The second-order valence-electron chi connectivity index (χ2n) is 7.43. The Labute approximate surface area is 196 Å². The number of benzene rings is 3. The molecular weight excluding hydrogens is 467 g/mol. The molecule has 0 bridgehead atoms. The molecule has 3 aromatic rings. The lowest BCUT2D eigenvalue weighted by Gasteiger charge is -2.12. The minimum absolute atomic E-state index is 0.000779. The van der Waals surface area contributed by atoms with Crippen molar-refractivity contribution in [1.29, 1.82) is 0 Å². The van der Waals surface area contributed by atoms with Crippen molar-refractivity contribution in [1.82, 2.24) is 0 Å². The van der Waals surface area contributed by atoms with Crippen LogP contribution >= 0.6 is 11.8 Å². The van der Waals surface area contributed by atoms with Gasteiger partial charge in [0, 0.05) is 39.6 Å². The molecule has 3 N–H and O–H groups in total. The standard InChI is InChI=1S/C24H18F3N3O3S/c25-24(26,27)16-4-2-6-18(13-16)29-22(32)14-3-1-5-17(11-14)28-23(33)15-7-8-20-19(12-15)30-21(31)9-10-34-20/h1-8,11-13H,9-10H2,(H,28,33)(H,29,32)(H,30,31). The van der Waals surface area contributed by atoms with E-state index in [-0.39, 0.29) is 17.2 Å². The number of carbonyl (C=O) groups excluding carboxylic acids is 3. The summed E-state index contributed by atoms with van der Waals surface area (Å²) in [6.45, 7) is 0. The maximum atomic E-state index is 12.9. The molecule has 4 rings (SSSR count). The van der Waals surface area contributed by atoms with Gasteiger partial charge in [0.05, 0.1) is 11.3 Å². The third kappa shape index (κ3) is 5.57. The van der Waals surface area contributed by atoms with Crippen molar-refractivity contribution >= 4 is 46.5 Å². The summed E-state index contributed by atoms with van der Waals surface area (Å²) in [6, 6.07) is 15.3. The van der Waals surface area contributed by atoms with Crippen LogP contribution in [0.25, 0.3) is 0 Å². The SMILES string of the molecule is O=C1CCSc2ccc(C(=O)Nc3cccc(C(=O)Nc4cccc(C(F)(F)F)c4)c3)cc2N1. The molecule has 174 valence electrons. The summed E-state index contributed by atoms with van der Waals surface area (Å²) in [5, 5.41) is 7.90. The van der Waals surface area contributed by atoms with Gasteiger partial charge in [0.15, 0.2) is 0 Å². The number of rotatable bonds is 4. The molecule has 0 fully saturated rings. The van der Waals surface area contributed by atoms with Crippen LogP contribution in [0, 0.1) is 0 Å². The van der Waals surface area contributed by atoms with E-state index < -0.39 is 23.6 Å². The molecule has 1 heterocycles. The highest BCUT2D eigenvalue weighted by Crippen LogP contribution is 2.32. The average molecular weight is 485 g/mol. The second-order valence-corrected chi connectivity index (χ2v) is 8.56. The highest BCUT2D eigenvalue weighted by molar-refractivity contribution is 7.99. The topological polar surface area (TPSA) is 87.3 Å². The maximum absolute atomic E-state index is 12.9. The van der Waals surface area contributed by atoms with Gasteiger partial charge in [-0.1, -0.05) is 12.1 Å². The Hall–Kier alpha value is -3.79. The van der Waals surface area contributed by atoms with E-state index in [0.29, 0.717) is 29.1 Å². The number of amides is 3. The Morgan fingerprint density at radius 1 is 0.853 bits per heavy atom. The first-order chi connectivity index (χ1) is 16.2. The second kappa shape index (κ2) is 9.60. The molecule has 0 saturated heterocycles. The molecule has 34 heavy (non-hydrogen) atoms. The van der Waals surface area contributed by atoms with Gasteiger partial charge in [-0.15, -0.1) is 11.8 Å². The van der Waals surface area contributed by atoms with E-state index in [2.05, 4.69) is 16.0 Å². The fourth-order valence-electron chi connectivity index (χ4n) is 3.28. The highest BCUT2D eigenvalue weighted by Gasteiger charge is 2.30. The minimum Gasteiger partial charge on any atom is -0.325 e. The summed E-state index contributed by atoms with van der Waals surface area (Å²) in [5.41, 5.74) is 0.492. The normalized spacial score (nSPS) is 13.3. The fraction of sp³-hybridized carbons (Fsp3) is 0.125. The van der Waals surface area contributed by atoms with Crippen LogP contribution in [-0.2, 0) is 11.0 Å². The highest BCUT2D eigenvalue weighted by atomic mass is 32.2. The van der Waals surface area contributed by atoms with Crippen molar-refractivity contribution < 1.29 is 27.6 Å². The molecule has 0 spiro atoms. The fourth-order valence-corrected chi connectivity index (χ4v) is 4.22. The van der Waals surface area contributed by atoms with E-state index in [0.717, 1.165) is 17.0 Å². The maximum Gasteiger partial charge on any atom is 0.416 e. The number of halogens is 3. The van der Waals surface area contributed by atoms with Crippen molar-refractivity contribution in [2.45, 2.75) is 17.5 Å². The predicted molar refractivity (Wildman–Crippen MR) is 124 cm³/mol. The van der Waals surface area contributed by atoms with Crippen molar-refractivity contribution in [3.8, 4) is 0 Å². The van der Waals surface area contributed by atoms with Crippen LogP contribution in [0.3, 0.4) is 0 Å². The smallest absolute Gasteiger partial charge is 0.325 e. The van der Waals surface area contributed by atoms with Crippen LogP contribution in [0.1, 0.15) is 32.7 Å². The number of anilines is 3. The molecule has 1 aliphatic rings. The Bertz CT molecular complexity index is 1280. The largest absolute Gasteiger partial charge is 0.416 e. The van der Waals surface area contributed by atoms with Crippen molar-refractivity contribution in [2.75, 3.05) is 21.7 Å². The van der Waals surface area contributed by atoms with Crippen molar-refractivity contribution in [2.24, 2.45) is 0 Å². The first kappa shape index (κ1) is 23.4. The minimum atomic E-state index is -4.53. The number of thioether (sulfide) groups is 1. The third-order valence-corrected chi connectivity index (χ3v) is 6.01. The quantitative estimate of drug-likeness (QED) is 0.446. The van der Waals surface area contributed by atoms with E-state index in [1.165, 1.54) is 36.0 Å². The molecule has 0 aromatic heterocycles. The van der Waals surface area contributed by atoms with Gasteiger partial charge in [0.25, 0.3) is 11.8 Å². The third-order valence-electron chi connectivity index (χ3n) is 4.93. The number of alkyl halides is 3. The lowest BCUT2D eigenvalue weighted by Crippen LogP contribution is -2.16. The molecule has 3 aromatic carbocycles. The summed E-state index contributed by atoms with van der Waals surface area (Å²) in [5.74, 6) is -0.537. The lowest BCUT2D eigenvalue weighted by molar-refractivity contribution is -0.137. The molecule has 3 amide bonds. The molecule has 0 atom stereocenters. The van der Waals surface area contributed by atoms with Gasteiger partial charge in [-0.3, -0.25) is 14.4 Å². The summed E-state index contributed by atoms with van der Waals surface area (Å²) in [7, 11) is 0. The Morgan fingerprint density at radius 2 is 1.50 bits per heavy atom. The summed E-state index contributed by atoms with van der Waals surface area (Å²) in [4.78, 5) is 38.0. The zero-order valence-electron chi connectivity index (χ0n) is 17.5. The summed E-state index contributed by atoms with van der Waals surface area (Å²) >= 11 is 1.52. The zero-order valence-corrected chi connectivity index (χ0v) is 18.3. The van der Waals surface area contributed by atoms with E-state index in [1.54, 1.807) is 30.3 Å². The average Bonchev–Trinajstić information content (AvgIpc) is 2.98. The number of hydrogen-bond acceptors (Lipinski definition) is 4. The van der Waals surface area contributed by atoms with Gasteiger partial charge < -0.3 is 16.0 Å². The van der Waals surface area contributed by atoms with Gasteiger partial charge in [0.2, 0.25) is 5.91 Å². The summed E-state index contributed by atoms with van der Waals surface area (Å²) < 4.78 is 38.7. The van der Waals surface area contributed by atoms with Crippen LogP contribution in [-0.4, -0.2) is 23.5 Å². The molecule has 0 aliphatic carbocycles. The number of hydrogen-bond donors (Lipinski definition) is 3. The van der Waals surface area contributed by atoms with Gasteiger partial charge in [-0.25, -0.2) is 0 Å². The summed E-state index contributed by atoms with van der Waals surface area (Å²) in [6.07, 6.45) is -4.14. The van der Waals surface area contributed by atoms with Gasteiger partial charge in [-0.05, 0) is 54.6 Å². The van der Waals surface area contributed by atoms with Crippen LogP contribution in [0.15, 0.2) is 71.6 Å². The van der Waals surface area contributed by atoms with E-state index >= 15 is 0 Å². The Kier molecular flexibility index (Phi) is 6.60. The van der Waals surface area contributed by atoms with Crippen molar-refractivity contribution in [3.05, 3.63) is 83.4 Å². The molecule has 1 aliphatic heterocycles. The van der Waals surface area contributed by atoms with Crippen LogP contribution in [0.5, 0.6) is 0 Å². The molecular formula is C24H18F3N3O3S. The van der Waals surface area contributed by atoms with E-state index in [9.17, 15) is 27.6 Å². The van der Waals surface area contributed by atoms with Crippen LogP contribution in [0.4, 0.5) is 30.2 Å². The van der Waals surface area contributed by atoms with Gasteiger partial charge in [-0.2, -0.15) is 13.2 Å². The number of carbonyl (C=O) groups is 3. The molecule has 0 saturated carbocycles. The predicted octanol–water partition coefficient (Wildman–Crippen LogP) is 5.64. The lowest BCUT2D eigenvalue weighted by atomic mass is 10.1. The van der Waals surface area contributed by atoms with E-state index in [1.807, 2.05) is 0 Å².